The summed E-state index contributed by atoms with van der Waals surface area (Å²) in [7, 11) is 1.75. The molecule has 0 aromatic carbocycles. The average Bonchev–Trinajstić information content (AvgIpc) is 3.18. The topological polar surface area (TPSA) is 51.4 Å². The van der Waals surface area contributed by atoms with Crippen molar-refractivity contribution in [1.29, 1.82) is 0 Å². The number of methoxy groups -OCH3 is 1. The lowest BCUT2D eigenvalue weighted by atomic mass is 10.1. The summed E-state index contributed by atoms with van der Waals surface area (Å²) in [6.07, 6.45) is 4.49. The fraction of sp³-hybridized carbons (Fsp3) is 0.643. The molecule has 1 heterocycles. The maximum atomic E-state index is 5.80. The van der Waals surface area contributed by atoms with Crippen LogP contribution in [-0.2, 0) is 11.3 Å². The molecule has 2 N–H and O–H groups in total. The van der Waals surface area contributed by atoms with Gasteiger partial charge in [0.15, 0.2) is 0 Å². The predicted molar refractivity (Wildman–Crippen MR) is 73.1 cm³/mol. The summed E-state index contributed by atoms with van der Waals surface area (Å²) in [5.74, 6) is 0.850. The van der Waals surface area contributed by atoms with E-state index in [9.17, 15) is 0 Å². The Hall–Kier alpha value is -1.13. The number of hydrogen-bond donors (Lipinski definition) is 1. The van der Waals surface area contributed by atoms with Gasteiger partial charge in [-0.15, -0.1) is 0 Å². The van der Waals surface area contributed by atoms with Gasteiger partial charge in [-0.1, -0.05) is 0 Å². The fourth-order valence-corrected chi connectivity index (χ4v) is 2.30. The molecule has 1 aliphatic rings. The van der Waals surface area contributed by atoms with Crippen LogP contribution in [0.5, 0.6) is 0 Å². The second-order valence-electron chi connectivity index (χ2n) is 5.12. The molecule has 0 aliphatic heterocycles. The molecule has 1 aromatic rings. The van der Waals surface area contributed by atoms with Gasteiger partial charge in [0.25, 0.3) is 0 Å². The van der Waals surface area contributed by atoms with Crippen molar-refractivity contribution in [3.05, 3.63) is 24.0 Å². The van der Waals surface area contributed by atoms with Crippen molar-refractivity contribution in [2.24, 2.45) is 5.92 Å². The number of aromatic nitrogens is 1. The van der Waals surface area contributed by atoms with E-state index in [0.29, 0.717) is 6.04 Å². The lowest BCUT2D eigenvalue weighted by Gasteiger charge is -2.28. The molecular weight excluding hydrogens is 226 g/mol. The van der Waals surface area contributed by atoms with Crippen molar-refractivity contribution in [2.45, 2.75) is 32.4 Å². The minimum atomic E-state index is 0.600. The van der Waals surface area contributed by atoms with E-state index in [0.717, 1.165) is 37.0 Å². The molecule has 1 atom stereocenters. The van der Waals surface area contributed by atoms with Crippen molar-refractivity contribution < 1.29 is 4.74 Å². The van der Waals surface area contributed by atoms with E-state index in [-0.39, 0.29) is 0 Å². The Kier molecular flexibility index (Phi) is 4.55. The van der Waals surface area contributed by atoms with Crippen LogP contribution in [-0.4, -0.2) is 36.2 Å². The number of nitrogens with two attached hydrogens (primary N) is 1. The first-order valence-corrected chi connectivity index (χ1v) is 6.64. The number of ether oxygens (including phenoxy) is 1. The van der Waals surface area contributed by atoms with Gasteiger partial charge in [-0.25, -0.2) is 0 Å². The Bertz CT molecular complexity index is 379. The van der Waals surface area contributed by atoms with Crippen LogP contribution < -0.4 is 5.73 Å². The highest BCUT2D eigenvalue weighted by Crippen LogP contribution is 2.35. The number of nitrogen functional groups attached to an aromatic ring is 1. The van der Waals surface area contributed by atoms with E-state index in [1.807, 2.05) is 12.1 Å². The molecule has 1 unspecified atom stereocenters. The molecule has 4 nitrogen and oxygen atoms in total. The summed E-state index contributed by atoms with van der Waals surface area (Å²) in [6.45, 7) is 4.87. The Morgan fingerprint density at radius 1 is 1.56 bits per heavy atom. The Morgan fingerprint density at radius 2 is 2.33 bits per heavy atom. The van der Waals surface area contributed by atoms with Crippen LogP contribution in [0.25, 0.3) is 0 Å². The quantitative estimate of drug-likeness (QED) is 0.802. The van der Waals surface area contributed by atoms with Crippen LogP contribution in [0, 0.1) is 5.92 Å². The van der Waals surface area contributed by atoms with Gasteiger partial charge in [0, 0.05) is 38.1 Å². The van der Waals surface area contributed by atoms with Crippen molar-refractivity contribution in [3.8, 4) is 0 Å². The molecule has 2 rings (SSSR count). The highest BCUT2D eigenvalue weighted by Gasteiger charge is 2.31. The minimum Gasteiger partial charge on any atom is -0.399 e. The highest BCUT2D eigenvalue weighted by molar-refractivity contribution is 5.37. The van der Waals surface area contributed by atoms with Crippen molar-refractivity contribution in [1.82, 2.24) is 9.88 Å². The summed E-state index contributed by atoms with van der Waals surface area (Å²) in [6, 6.07) is 4.38. The van der Waals surface area contributed by atoms with Crippen LogP contribution in [0.3, 0.4) is 0 Å². The first kappa shape index (κ1) is 13.3. The molecule has 100 valence electrons. The van der Waals surface area contributed by atoms with Crippen molar-refractivity contribution >= 4 is 5.69 Å². The molecule has 0 radical (unpaired) electrons. The Balaban J connectivity index is 1.99. The highest BCUT2D eigenvalue weighted by atomic mass is 16.5. The molecular formula is C14H23N3O. The summed E-state index contributed by atoms with van der Waals surface area (Å²) in [5, 5.41) is 0. The number of rotatable bonds is 7. The molecule has 0 spiro atoms. The van der Waals surface area contributed by atoms with Crippen LogP contribution in [0.4, 0.5) is 5.69 Å². The van der Waals surface area contributed by atoms with Gasteiger partial charge in [0.05, 0.1) is 12.3 Å². The number of nitrogens with zero attached hydrogens (tertiary/aromatic N) is 2. The second-order valence-corrected chi connectivity index (χ2v) is 5.12. The smallest absolute Gasteiger partial charge is 0.0589 e. The first-order chi connectivity index (χ1) is 8.70. The lowest BCUT2D eigenvalue weighted by molar-refractivity contribution is 0.111. The van der Waals surface area contributed by atoms with Gasteiger partial charge in [0.2, 0.25) is 0 Å². The third-order valence-electron chi connectivity index (χ3n) is 3.67. The van der Waals surface area contributed by atoms with Crippen molar-refractivity contribution in [2.75, 3.05) is 26.0 Å². The third kappa shape index (κ3) is 3.68. The average molecular weight is 249 g/mol. The monoisotopic (exact) mass is 249 g/mol. The molecule has 0 saturated heterocycles. The summed E-state index contributed by atoms with van der Waals surface area (Å²) < 4.78 is 5.20. The van der Waals surface area contributed by atoms with E-state index in [1.54, 1.807) is 13.3 Å². The van der Waals surface area contributed by atoms with Gasteiger partial charge in [-0.05, 0) is 37.8 Å². The van der Waals surface area contributed by atoms with E-state index >= 15 is 0 Å². The Labute approximate surface area is 109 Å². The third-order valence-corrected chi connectivity index (χ3v) is 3.67. The zero-order valence-electron chi connectivity index (χ0n) is 11.3. The fourth-order valence-electron chi connectivity index (χ4n) is 2.30. The molecule has 1 saturated carbocycles. The van der Waals surface area contributed by atoms with Gasteiger partial charge in [-0.3, -0.25) is 9.88 Å². The number of anilines is 1. The summed E-state index contributed by atoms with van der Waals surface area (Å²) in [4.78, 5) is 6.83. The largest absolute Gasteiger partial charge is 0.399 e. The van der Waals surface area contributed by atoms with E-state index < -0.39 is 0 Å². The van der Waals surface area contributed by atoms with Crippen LogP contribution >= 0.6 is 0 Å². The lowest BCUT2D eigenvalue weighted by Crippen LogP contribution is -2.36. The zero-order chi connectivity index (χ0) is 13.0. The molecule has 0 amide bonds. The van der Waals surface area contributed by atoms with Crippen molar-refractivity contribution in [3.63, 3.8) is 0 Å². The second kappa shape index (κ2) is 6.16. The molecule has 1 aromatic heterocycles. The van der Waals surface area contributed by atoms with Crippen LogP contribution in [0.1, 0.15) is 25.5 Å². The van der Waals surface area contributed by atoms with Gasteiger partial charge in [-0.2, -0.15) is 0 Å². The minimum absolute atomic E-state index is 0.600. The molecule has 4 heteroatoms. The van der Waals surface area contributed by atoms with Gasteiger partial charge >= 0.3 is 0 Å². The SMILES string of the molecule is COCCN(Cc1cc(N)ccn1)C(C)C1CC1. The van der Waals surface area contributed by atoms with Crippen LogP contribution in [0.15, 0.2) is 18.3 Å². The standard InChI is InChI=1S/C14H23N3O/c1-11(12-3-4-12)17(7-8-18-2)10-14-9-13(15)5-6-16-14/h5-6,9,11-12H,3-4,7-8,10H2,1-2H3,(H2,15,16). The van der Waals surface area contributed by atoms with Gasteiger partial charge in [0.1, 0.15) is 0 Å². The van der Waals surface area contributed by atoms with E-state index in [4.69, 9.17) is 10.5 Å². The van der Waals surface area contributed by atoms with E-state index in [1.165, 1.54) is 12.8 Å². The van der Waals surface area contributed by atoms with Gasteiger partial charge < -0.3 is 10.5 Å². The number of pyridine rings is 1. The first-order valence-electron chi connectivity index (χ1n) is 6.64. The Morgan fingerprint density at radius 3 is 2.94 bits per heavy atom. The zero-order valence-corrected chi connectivity index (χ0v) is 11.3. The maximum absolute atomic E-state index is 5.80. The summed E-state index contributed by atoms with van der Waals surface area (Å²) >= 11 is 0. The molecule has 18 heavy (non-hydrogen) atoms. The summed E-state index contributed by atoms with van der Waals surface area (Å²) in [5.41, 5.74) is 7.62. The molecule has 0 bridgehead atoms. The molecule has 1 fully saturated rings. The maximum Gasteiger partial charge on any atom is 0.0589 e. The van der Waals surface area contributed by atoms with Crippen LogP contribution in [0.2, 0.25) is 0 Å². The number of hydrogen-bond acceptors (Lipinski definition) is 4. The normalized spacial score (nSPS) is 17.1. The molecule has 1 aliphatic carbocycles. The predicted octanol–water partition coefficient (Wildman–Crippen LogP) is 1.91. The van der Waals surface area contributed by atoms with E-state index in [2.05, 4.69) is 16.8 Å².